The molecule has 3 unspecified atom stereocenters. The Bertz CT molecular complexity index is 1650. The van der Waals surface area contributed by atoms with E-state index in [0.29, 0.717) is 45.1 Å². The lowest BCUT2D eigenvalue weighted by molar-refractivity contribution is -0.130. The van der Waals surface area contributed by atoms with Crippen molar-refractivity contribution >= 4 is 46.8 Å². The zero-order chi connectivity index (χ0) is 36.2. The summed E-state index contributed by atoms with van der Waals surface area (Å²) in [7, 11) is 0. The summed E-state index contributed by atoms with van der Waals surface area (Å²) >= 11 is 11.9. The van der Waals surface area contributed by atoms with Crippen LogP contribution < -0.4 is 21.3 Å². The summed E-state index contributed by atoms with van der Waals surface area (Å²) in [5, 5.41) is 32.7. The number of aliphatic hydroxyl groups excluding tert-OH is 2. The molecular weight excluding hydrogens is 679 g/mol. The Kier molecular flexibility index (Phi) is 13.9. The van der Waals surface area contributed by atoms with Gasteiger partial charge in [-0.25, -0.2) is 0 Å². The number of rotatable bonds is 15. The fourth-order valence-corrected chi connectivity index (χ4v) is 5.65. The van der Waals surface area contributed by atoms with Crippen LogP contribution in [0.25, 0.3) is 0 Å². The highest BCUT2D eigenvalue weighted by molar-refractivity contribution is 6.31. The summed E-state index contributed by atoms with van der Waals surface area (Å²) in [4.78, 5) is 50.2. The van der Waals surface area contributed by atoms with Crippen LogP contribution in [-0.4, -0.2) is 59.0 Å². The second-order valence-electron chi connectivity index (χ2n) is 12.0. The summed E-state index contributed by atoms with van der Waals surface area (Å²) in [5.41, 5.74) is 3.52. The minimum atomic E-state index is -1.34. The van der Waals surface area contributed by atoms with Crippen molar-refractivity contribution in [1.29, 1.82) is 0 Å². The van der Waals surface area contributed by atoms with Crippen molar-refractivity contribution < 1.29 is 29.4 Å². The molecule has 4 atom stereocenters. The van der Waals surface area contributed by atoms with Crippen LogP contribution in [0.5, 0.6) is 0 Å². The number of carbonyl (C=O) groups is 4. The fourth-order valence-electron chi connectivity index (χ4n) is 5.25. The van der Waals surface area contributed by atoms with Gasteiger partial charge < -0.3 is 31.5 Å². The van der Waals surface area contributed by atoms with Crippen molar-refractivity contribution in [2.75, 3.05) is 13.1 Å². The molecule has 4 rings (SSSR count). The molecule has 0 radical (unpaired) electrons. The Labute approximate surface area is 301 Å². The predicted octanol–water partition coefficient (Wildman–Crippen LogP) is 4.71. The molecule has 262 valence electrons. The van der Waals surface area contributed by atoms with Gasteiger partial charge >= 0.3 is 0 Å². The van der Waals surface area contributed by atoms with Gasteiger partial charge in [-0.2, -0.15) is 0 Å². The molecule has 6 N–H and O–H groups in total. The maximum Gasteiger partial charge on any atom is 0.253 e. The molecule has 50 heavy (non-hydrogen) atoms. The number of benzene rings is 4. The molecule has 4 aromatic carbocycles. The van der Waals surface area contributed by atoms with Gasteiger partial charge in [0.05, 0.1) is 0 Å². The molecule has 0 heterocycles. The van der Waals surface area contributed by atoms with E-state index >= 15 is 0 Å². The Morgan fingerprint density at radius 3 is 1.28 bits per heavy atom. The van der Waals surface area contributed by atoms with Gasteiger partial charge in [-0.1, -0.05) is 71.7 Å². The first-order valence-corrected chi connectivity index (χ1v) is 16.9. The average molecular weight is 720 g/mol. The first kappa shape index (κ1) is 38.1. The van der Waals surface area contributed by atoms with Gasteiger partial charge in [-0.3, -0.25) is 19.2 Å². The molecule has 0 aromatic heterocycles. The van der Waals surface area contributed by atoms with Crippen molar-refractivity contribution in [2.24, 2.45) is 0 Å². The molecular formula is C38H40Cl2N4O6. The third kappa shape index (κ3) is 11.4. The van der Waals surface area contributed by atoms with Gasteiger partial charge in [0.25, 0.3) is 23.6 Å². The van der Waals surface area contributed by atoms with Crippen LogP contribution in [0.3, 0.4) is 0 Å². The van der Waals surface area contributed by atoms with E-state index < -0.39 is 24.0 Å². The first-order valence-electron chi connectivity index (χ1n) is 16.1. The van der Waals surface area contributed by atoms with Crippen LogP contribution in [0.1, 0.15) is 69.0 Å². The van der Waals surface area contributed by atoms with E-state index in [1.807, 2.05) is 13.8 Å². The maximum atomic E-state index is 12.6. The number of amides is 4. The number of hydrogen-bond acceptors (Lipinski definition) is 6. The fraction of sp³-hybridized carbons (Fsp3) is 0.263. The Morgan fingerprint density at radius 2 is 0.940 bits per heavy atom. The van der Waals surface area contributed by atoms with E-state index in [1.165, 1.54) is 0 Å². The van der Waals surface area contributed by atoms with Crippen LogP contribution in [0, 0.1) is 0 Å². The molecule has 0 aliphatic rings. The second kappa shape index (κ2) is 18.3. The quantitative estimate of drug-likeness (QED) is 0.0978. The highest BCUT2D eigenvalue weighted by Gasteiger charge is 2.21. The highest BCUT2D eigenvalue weighted by atomic mass is 35.5. The van der Waals surface area contributed by atoms with Gasteiger partial charge in [-0.05, 0) is 97.5 Å². The molecule has 0 fully saturated rings. The lowest BCUT2D eigenvalue weighted by atomic mass is 10.0. The average Bonchev–Trinajstić information content (AvgIpc) is 3.09. The van der Waals surface area contributed by atoms with E-state index in [-0.39, 0.29) is 37.0 Å². The van der Waals surface area contributed by atoms with Gasteiger partial charge in [0.2, 0.25) is 0 Å². The summed E-state index contributed by atoms with van der Waals surface area (Å²) in [5.74, 6) is -1.63. The third-order valence-corrected chi connectivity index (χ3v) is 8.29. The summed E-state index contributed by atoms with van der Waals surface area (Å²) in [6, 6.07) is 26.4. The van der Waals surface area contributed by atoms with E-state index in [9.17, 15) is 29.4 Å². The van der Waals surface area contributed by atoms with E-state index in [2.05, 4.69) is 21.3 Å². The monoisotopic (exact) mass is 718 g/mol. The second-order valence-corrected chi connectivity index (χ2v) is 12.9. The third-order valence-electron chi connectivity index (χ3n) is 7.81. The summed E-state index contributed by atoms with van der Waals surface area (Å²) in [6.07, 6.45) is -1.68. The van der Waals surface area contributed by atoms with Gasteiger partial charge in [0, 0.05) is 46.3 Å². The zero-order valence-electron chi connectivity index (χ0n) is 27.7. The summed E-state index contributed by atoms with van der Waals surface area (Å²) < 4.78 is 0. The van der Waals surface area contributed by atoms with Crippen molar-refractivity contribution in [2.45, 2.75) is 51.0 Å². The Balaban J connectivity index is 1.14. The molecule has 0 saturated carbocycles. The normalized spacial score (nSPS) is 13.3. The van der Waals surface area contributed by atoms with Crippen LogP contribution in [0.2, 0.25) is 10.0 Å². The van der Waals surface area contributed by atoms with Crippen LogP contribution in [-0.2, 0) is 22.4 Å². The molecule has 10 nitrogen and oxygen atoms in total. The number of halogens is 2. The molecule has 0 aliphatic carbocycles. The molecule has 0 bridgehead atoms. The van der Waals surface area contributed by atoms with Crippen molar-refractivity contribution in [3.05, 3.63) is 140 Å². The smallest absolute Gasteiger partial charge is 0.253 e. The topological polar surface area (TPSA) is 157 Å². The lowest BCUT2D eigenvalue weighted by Crippen LogP contribution is -2.37. The predicted molar refractivity (Wildman–Crippen MR) is 193 cm³/mol. The Hall–Kier alpha value is -4.74. The number of carbonyl (C=O) groups excluding carboxylic acids is 4. The molecule has 0 aliphatic heterocycles. The number of nitrogens with one attached hydrogen (secondary N) is 4. The molecule has 4 aromatic rings. The van der Waals surface area contributed by atoms with Crippen molar-refractivity contribution in [1.82, 2.24) is 21.3 Å². The Morgan fingerprint density at radius 1 is 0.580 bits per heavy atom. The maximum absolute atomic E-state index is 12.6. The SMILES string of the molecule is CC(Cc1ccc(C(=O)NCCNC(=O)c2ccc(CC(C)NC(=O)[C@H](O)c3cccc(Cl)c3)cc2)cc1)NC(=O)C(O)c1cccc(Cl)c1. The van der Waals surface area contributed by atoms with Crippen LogP contribution >= 0.6 is 23.2 Å². The first-order chi connectivity index (χ1) is 23.9. The lowest BCUT2D eigenvalue weighted by Gasteiger charge is -2.17. The van der Waals surface area contributed by atoms with E-state index in [1.54, 1.807) is 97.1 Å². The molecule has 12 heteroatoms. The van der Waals surface area contributed by atoms with Crippen LogP contribution in [0.15, 0.2) is 97.1 Å². The van der Waals surface area contributed by atoms with Crippen LogP contribution in [0.4, 0.5) is 0 Å². The van der Waals surface area contributed by atoms with Gasteiger partial charge in [-0.15, -0.1) is 0 Å². The molecule has 0 saturated heterocycles. The van der Waals surface area contributed by atoms with Gasteiger partial charge in [0.15, 0.2) is 12.2 Å². The van der Waals surface area contributed by atoms with E-state index in [0.717, 1.165) is 11.1 Å². The number of aliphatic hydroxyl groups is 2. The summed E-state index contributed by atoms with van der Waals surface area (Å²) in [6.45, 7) is 4.10. The zero-order valence-corrected chi connectivity index (χ0v) is 29.2. The number of hydrogen-bond donors (Lipinski definition) is 6. The van der Waals surface area contributed by atoms with Crippen molar-refractivity contribution in [3.63, 3.8) is 0 Å². The largest absolute Gasteiger partial charge is 0.378 e. The highest BCUT2D eigenvalue weighted by Crippen LogP contribution is 2.20. The minimum Gasteiger partial charge on any atom is -0.378 e. The minimum absolute atomic E-state index is 0.223. The van der Waals surface area contributed by atoms with Crippen molar-refractivity contribution in [3.8, 4) is 0 Å². The van der Waals surface area contributed by atoms with E-state index in [4.69, 9.17) is 23.2 Å². The molecule has 4 amide bonds. The van der Waals surface area contributed by atoms with Gasteiger partial charge in [0.1, 0.15) is 0 Å². The standard InChI is InChI=1S/C38H40Cl2N4O6/c1-23(43-37(49)33(45)29-5-3-7-31(39)21-29)19-25-9-13-27(14-10-25)35(47)41-17-18-42-36(48)28-15-11-26(12-16-28)20-24(2)44-38(50)34(46)30-6-4-8-32(40)22-30/h3-16,21-24,33-34,45-46H,17-20H2,1-2H3,(H,41,47)(H,42,48)(H,43,49)(H,44,50)/t23?,24?,33-,34?/m1/s1. The molecule has 0 spiro atoms.